The van der Waals surface area contributed by atoms with Crippen molar-refractivity contribution in [3.8, 4) is 0 Å². The largest absolute Gasteiger partial charge is 0.456 e. The number of thiophene rings is 2. The third kappa shape index (κ3) is 4.85. The van der Waals surface area contributed by atoms with Gasteiger partial charge in [-0.05, 0) is 42.7 Å². The highest BCUT2D eigenvalue weighted by Gasteiger charge is 2.25. The molecular weight excluding hydrogens is 400 g/mol. The van der Waals surface area contributed by atoms with Crippen molar-refractivity contribution < 1.29 is 23.9 Å². The summed E-state index contributed by atoms with van der Waals surface area (Å²) in [5, 5.41) is 4.83. The fourth-order valence-corrected chi connectivity index (χ4v) is 5.08. The lowest BCUT2D eigenvalue weighted by Gasteiger charge is -2.11. The number of nitrogens with one attached hydrogen (secondary N) is 1. The number of rotatable bonds is 8. The van der Waals surface area contributed by atoms with Crippen molar-refractivity contribution in [2.75, 3.05) is 11.9 Å². The summed E-state index contributed by atoms with van der Waals surface area (Å²) in [5.74, 6) is -1.87. The van der Waals surface area contributed by atoms with Gasteiger partial charge in [-0.15, -0.1) is 22.7 Å². The number of esters is 1. The van der Waals surface area contributed by atoms with Gasteiger partial charge in [0.1, 0.15) is 5.00 Å². The number of hydrogen-bond donors (Lipinski definition) is 2. The zero-order chi connectivity index (χ0) is 20.1. The van der Waals surface area contributed by atoms with Crippen molar-refractivity contribution in [1.82, 2.24) is 0 Å². The Hall–Kier alpha value is -2.52. The van der Waals surface area contributed by atoms with Crippen molar-refractivity contribution in [2.24, 2.45) is 5.73 Å². The van der Waals surface area contributed by atoms with Crippen LogP contribution in [0.1, 0.15) is 56.2 Å². The molecule has 7 nitrogen and oxygen atoms in total. The molecule has 0 saturated heterocycles. The number of hydrogen-bond acceptors (Lipinski definition) is 7. The minimum Gasteiger partial charge on any atom is -0.456 e. The molecule has 0 aromatic carbocycles. The second-order valence-corrected chi connectivity index (χ2v) is 8.44. The van der Waals surface area contributed by atoms with Gasteiger partial charge in [-0.25, -0.2) is 0 Å². The molecule has 0 radical (unpaired) electrons. The third-order valence-electron chi connectivity index (χ3n) is 4.39. The van der Waals surface area contributed by atoms with Crippen LogP contribution in [0.4, 0.5) is 5.00 Å². The second kappa shape index (κ2) is 9.11. The number of anilines is 1. The number of aryl methyl sites for hydroxylation is 1. The molecule has 1 aliphatic carbocycles. The highest BCUT2D eigenvalue weighted by molar-refractivity contribution is 7.17. The molecule has 2 heterocycles. The number of nitrogens with two attached hydrogens (primary N) is 1. The highest BCUT2D eigenvalue weighted by atomic mass is 32.1. The van der Waals surface area contributed by atoms with E-state index in [9.17, 15) is 19.2 Å². The van der Waals surface area contributed by atoms with Crippen LogP contribution in [0, 0.1) is 0 Å². The van der Waals surface area contributed by atoms with Gasteiger partial charge in [0.15, 0.2) is 12.4 Å². The molecule has 3 rings (SSSR count). The molecule has 0 saturated carbocycles. The van der Waals surface area contributed by atoms with E-state index in [1.807, 2.05) is 0 Å². The van der Waals surface area contributed by atoms with E-state index < -0.39 is 24.4 Å². The molecule has 28 heavy (non-hydrogen) atoms. The summed E-state index contributed by atoms with van der Waals surface area (Å²) in [6.45, 7) is -0.479. The third-order valence-corrected chi connectivity index (χ3v) is 6.51. The summed E-state index contributed by atoms with van der Waals surface area (Å²) in [5.41, 5.74) is 6.77. The molecule has 0 unspecified atom stereocenters. The first-order chi connectivity index (χ1) is 13.5. The summed E-state index contributed by atoms with van der Waals surface area (Å²) in [7, 11) is 0. The van der Waals surface area contributed by atoms with E-state index in [0.29, 0.717) is 15.4 Å². The van der Waals surface area contributed by atoms with Gasteiger partial charge in [-0.2, -0.15) is 0 Å². The Morgan fingerprint density at radius 3 is 2.64 bits per heavy atom. The van der Waals surface area contributed by atoms with E-state index in [1.165, 1.54) is 22.7 Å². The molecule has 148 valence electrons. The van der Waals surface area contributed by atoms with Gasteiger partial charge in [0.05, 0.1) is 16.9 Å². The minimum absolute atomic E-state index is 0.0322. The predicted molar refractivity (Wildman–Crippen MR) is 107 cm³/mol. The molecular formula is C19H20N2O5S2. The number of amides is 2. The normalized spacial score (nSPS) is 12.9. The Labute approximate surface area is 169 Å². The minimum atomic E-state index is -0.624. The van der Waals surface area contributed by atoms with E-state index in [4.69, 9.17) is 10.5 Å². The topological polar surface area (TPSA) is 116 Å². The smallest absolute Gasteiger partial charge is 0.306 e. The number of ether oxygens (including phenoxy) is 1. The molecule has 1 aliphatic rings. The number of Topliss-reactive ketones (excluding diaryl/α,β-unsaturated/α-hetero) is 1. The Bertz CT molecular complexity index is 902. The van der Waals surface area contributed by atoms with Crippen molar-refractivity contribution >= 4 is 51.2 Å². The molecule has 2 amide bonds. The van der Waals surface area contributed by atoms with Crippen LogP contribution in [-0.4, -0.2) is 30.2 Å². The average Bonchev–Trinajstić information content (AvgIpc) is 3.31. The zero-order valence-corrected chi connectivity index (χ0v) is 16.7. The van der Waals surface area contributed by atoms with Crippen molar-refractivity contribution in [3.63, 3.8) is 0 Å². The van der Waals surface area contributed by atoms with Gasteiger partial charge < -0.3 is 15.8 Å². The summed E-state index contributed by atoms with van der Waals surface area (Å²) in [4.78, 5) is 49.3. The van der Waals surface area contributed by atoms with Crippen LogP contribution in [0.15, 0.2) is 17.5 Å². The molecule has 0 fully saturated rings. The van der Waals surface area contributed by atoms with Gasteiger partial charge in [0.2, 0.25) is 0 Å². The van der Waals surface area contributed by atoms with Gasteiger partial charge in [-0.1, -0.05) is 6.07 Å². The van der Waals surface area contributed by atoms with E-state index in [2.05, 4.69) is 5.32 Å². The lowest BCUT2D eigenvalue weighted by atomic mass is 9.95. The standard InChI is InChI=1S/C19H20N2O5S2/c20-18(25)17-11-4-1-2-5-13(11)28-19(17)21-15(23)10-26-16(24)8-7-12(22)14-6-3-9-27-14/h3,6,9H,1-2,4-5,7-8,10H2,(H2,20,25)(H,21,23). The van der Waals surface area contributed by atoms with Gasteiger partial charge >= 0.3 is 5.97 Å². The second-order valence-electron chi connectivity index (χ2n) is 6.39. The number of carbonyl (C=O) groups excluding carboxylic acids is 4. The van der Waals surface area contributed by atoms with Crippen LogP contribution >= 0.6 is 22.7 Å². The van der Waals surface area contributed by atoms with Crippen LogP contribution in [0.2, 0.25) is 0 Å². The number of primary amides is 1. The first-order valence-electron chi connectivity index (χ1n) is 8.92. The zero-order valence-electron chi connectivity index (χ0n) is 15.1. The summed E-state index contributed by atoms with van der Waals surface area (Å²) in [6.07, 6.45) is 3.60. The lowest BCUT2D eigenvalue weighted by Crippen LogP contribution is -2.23. The molecule has 9 heteroatoms. The van der Waals surface area contributed by atoms with Crippen LogP contribution in [0.3, 0.4) is 0 Å². The average molecular weight is 421 g/mol. The van der Waals surface area contributed by atoms with Gasteiger partial charge in [0.25, 0.3) is 11.8 Å². The lowest BCUT2D eigenvalue weighted by molar-refractivity contribution is -0.147. The molecule has 0 spiro atoms. The first-order valence-corrected chi connectivity index (χ1v) is 10.6. The maximum atomic E-state index is 12.1. The summed E-state index contributed by atoms with van der Waals surface area (Å²) < 4.78 is 4.93. The van der Waals surface area contributed by atoms with E-state index in [-0.39, 0.29) is 18.6 Å². The predicted octanol–water partition coefficient (Wildman–Crippen LogP) is 2.93. The quantitative estimate of drug-likeness (QED) is 0.503. The van der Waals surface area contributed by atoms with Crippen LogP contribution in [0.25, 0.3) is 0 Å². The fourth-order valence-electron chi connectivity index (χ4n) is 3.07. The Morgan fingerprint density at radius 1 is 1.14 bits per heavy atom. The van der Waals surface area contributed by atoms with Crippen LogP contribution < -0.4 is 11.1 Å². The van der Waals surface area contributed by atoms with Crippen molar-refractivity contribution in [1.29, 1.82) is 0 Å². The van der Waals surface area contributed by atoms with Gasteiger partial charge in [-0.3, -0.25) is 19.2 Å². The van der Waals surface area contributed by atoms with Crippen molar-refractivity contribution in [2.45, 2.75) is 38.5 Å². The van der Waals surface area contributed by atoms with Crippen molar-refractivity contribution in [3.05, 3.63) is 38.4 Å². The molecule has 2 aromatic heterocycles. The molecule has 0 atom stereocenters. The van der Waals surface area contributed by atoms with Crippen LogP contribution in [-0.2, 0) is 27.2 Å². The Morgan fingerprint density at radius 2 is 1.93 bits per heavy atom. The van der Waals surface area contributed by atoms with E-state index >= 15 is 0 Å². The fraction of sp³-hybridized carbons (Fsp3) is 0.368. The van der Waals surface area contributed by atoms with E-state index in [1.54, 1.807) is 17.5 Å². The molecule has 3 N–H and O–H groups in total. The first kappa shape index (κ1) is 20.2. The highest BCUT2D eigenvalue weighted by Crippen LogP contribution is 2.37. The molecule has 0 bridgehead atoms. The molecule has 0 aliphatic heterocycles. The number of carbonyl (C=O) groups is 4. The molecule has 2 aromatic rings. The SMILES string of the molecule is NC(=O)c1c(NC(=O)COC(=O)CCC(=O)c2cccs2)sc2c1CCCC2. The van der Waals surface area contributed by atoms with E-state index in [0.717, 1.165) is 36.1 Å². The monoisotopic (exact) mass is 420 g/mol. The summed E-state index contributed by atoms with van der Waals surface area (Å²) in [6, 6.07) is 3.46. The maximum Gasteiger partial charge on any atom is 0.306 e. The Kier molecular flexibility index (Phi) is 6.58. The number of fused-ring (bicyclic) bond motifs is 1. The maximum absolute atomic E-state index is 12.1. The number of ketones is 1. The van der Waals surface area contributed by atoms with Crippen LogP contribution in [0.5, 0.6) is 0 Å². The Balaban J connectivity index is 1.50. The van der Waals surface area contributed by atoms with Gasteiger partial charge in [0, 0.05) is 11.3 Å². The summed E-state index contributed by atoms with van der Waals surface area (Å²) >= 11 is 2.66.